The summed E-state index contributed by atoms with van der Waals surface area (Å²) in [6.07, 6.45) is 3.16. The Balaban J connectivity index is 1.68. The number of rotatable bonds is 7. The van der Waals surface area contributed by atoms with Gasteiger partial charge in [0.15, 0.2) is 5.78 Å². The summed E-state index contributed by atoms with van der Waals surface area (Å²) >= 11 is 1.31. The lowest BCUT2D eigenvalue weighted by atomic mass is 10.1. The topological polar surface area (TPSA) is 61.8 Å². The Hall–Kier alpha value is -3.38. The summed E-state index contributed by atoms with van der Waals surface area (Å²) < 4.78 is 15.8. The molecule has 1 heterocycles. The highest BCUT2D eigenvalue weighted by atomic mass is 32.1. The van der Waals surface area contributed by atoms with Gasteiger partial charge in [-0.05, 0) is 60.0 Å². The number of ether oxygens (including phenoxy) is 3. The van der Waals surface area contributed by atoms with Crippen molar-refractivity contribution >= 4 is 29.2 Å². The minimum atomic E-state index is -0.416. The van der Waals surface area contributed by atoms with Crippen LogP contribution in [0.2, 0.25) is 0 Å². The maximum atomic E-state index is 12.4. The van der Waals surface area contributed by atoms with Gasteiger partial charge < -0.3 is 14.2 Å². The van der Waals surface area contributed by atoms with Crippen molar-refractivity contribution in [3.8, 4) is 17.2 Å². The van der Waals surface area contributed by atoms with Gasteiger partial charge in [0.1, 0.15) is 22.1 Å². The van der Waals surface area contributed by atoms with Crippen molar-refractivity contribution in [1.29, 1.82) is 0 Å². The fourth-order valence-corrected chi connectivity index (χ4v) is 3.06. The van der Waals surface area contributed by atoms with Crippen LogP contribution in [-0.4, -0.2) is 26.0 Å². The SMILES string of the molecule is COc1ccc(/C=C/C(=O)c2ccc(OC(=O)c3cccs3)cc2)c(OC)c1. The summed E-state index contributed by atoms with van der Waals surface area (Å²) in [5.74, 6) is 1.08. The van der Waals surface area contributed by atoms with Crippen molar-refractivity contribution in [3.63, 3.8) is 0 Å². The van der Waals surface area contributed by atoms with Gasteiger partial charge in [-0.3, -0.25) is 4.79 Å². The Kier molecular flexibility index (Phi) is 6.24. The fourth-order valence-electron chi connectivity index (χ4n) is 2.46. The van der Waals surface area contributed by atoms with Gasteiger partial charge in [-0.1, -0.05) is 6.07 Å². The Morgan fingerprint density at radius 1 is 0.929 bits per heavy atom. The molecule has 3 rings (SSSR count). The highest BCUT2D eigenvalue weighted by Crippen LogP contribution is 2.26. The number of thiophene rings is 1. The van der Waals surface area contributed by atoms with Crippen molar-refractivity contribution in [1.82, 2.24) is 0 Å². The highest BCUT2D eigenvalue weighted by molar-refractivity contribution is 7.12. The van der Waals surface area contributed by atoms with Crippen LogP contribution in [0.5, 0.6) is 17.2 Å². The van der Waals surface area contributed by atoms with Crippen LogP contribution in [0.4, 0.5) is 0 Å². The Labute approximate surface area is 166 Å². The maximum absolute atomic E-state index is 12.4. The van der Waals surface area contributed by atoms with Crippen molar-refractivity contribution in [2.24, 2.45) is 0 Å². The molecule has 5 nitrogen and oxygen atoms in total. The highest BCUT2D eigenvalue weighted by Gasteiger charge is 2.10. The number of esters is 1. The summed E-state index contributed by atoms with van der Waals surface area (Å²) in [7, 11) is 3.14. The predicted octanol–water partition coefficient (Wildman–Crippen LogP) is 4.88. The quantitative estimate of drug-likeness (QED) is 0.247. The van der Waals surface area contributed by atoms with Crippen molar-refractivity contribution in [2.45, 2.75) is 0 Å². The Morgan fingerprint density at radius 2 is 1.68 bits per heavy atom. The number of methoxy groups -OCH3 is 2. The predicted molar refractivity (Wildman–Crippen MR) is 109 cm³/mol. The number of ketones is 1. The molecular weight excluding hydrogens is 376 g/mol. The molecule has 0 amide bonds. The maximum Gasteiger partial charge on any atom is 0.353 e. The third-order valence-electron chi connectivity index (χ3n) is 3.93. The average Bonchev–Trinajstić information content (AvgIpc) is 3.27. The number of allylic oxidation sites excluding steroid dienone is 1. The van der Waals surface area contributed by atoms with Crippen LogP contribution in [0.15, 0.2) is 66.1 Å². The Morgan fingerprint density at radius 3 is 2.32 bits per heavy atom. The molecule has 0 saturated carbocycles. The summed E-state index contributed by atoms with van der Waals surface area (Å²) in [5, 5.41) is 1.81. The second-order valence-corrected chi connectivity index (χ2v) is 6.64. The van der Waals surface area contributed by atoms with E-state index >= 15 is 0 Å². The third-order valence-corrected chi connectivity index (χ3v) is 4.78. The number of hydrogen-bond acceptors (Lipinski definition) is 6. The van der Waals surface area contributed by atoms with E-state index < -0.39 is 5.97 Å². The normalized spacial score (nSPS) is 10.6. The minimum absolute atomic E-state index is 0.172. The molecule has 0 unspecified atom stereocenters. The first-order valence-corrected chi connectivity index (χ1v) is 9.29. The first-order valence-electron chi connectivity index (χ1n) is 8.41. The minimum Gasteiger partial charge on any atom is -0.497 e. The molecule has 0 aliphatic carbocycles. The molecule has 3 aromatic rings. The standard InChI is InChI=1S/C22H18O5S/c1-25-18-11-7-16(20(14-18)26-2)8-12-19(23)15-5-9-17(10-6-15)27-22(24)21-4-3-13-28-21/h3-14H,1-2H3/b12-8+. The van der Waals surface area contributed by atoms with Gasteiger partial charge in [0.25, 0.3) is 0 Å². The fraction of sp³-hybridized carbons (Fsp3) is 0.0909. The van der Waals surface area contributed by atoms with Crippen molar-refractivity contribution < 1.29 is 23.8 Å². The van der Waals surface area contributed by atoms with Gasteiger partial charge in [-0.2, -0.15) is 0 Å². The molecule has 0 radical (unpaired) electrons. The molecule has 142 valence electrons. The number of carbonyl (C=O) groups is 2. The number of benzene rings is 2. The van der Waals surface area contributed by atoms with Crippen LogP contribution in [0, 0.1) is 0 Å². The lowest BCUT2D eigenvalue weighted by Crippen LogP contribution is -2.06. The third kappa shape index (κ3) is 4.66. The van der Waals surface area contributed by atoms with E-state index in [1.807, 2.05) is 11.4 Å². The van der Waals surface area contributed by atoms with Gasteiger partial charge in [-0.25, -0.2) is 4.79 Å². The molecule has 6 heteroatoms. The summed E-state index contributed by atoms with van der Waals surface area (Å²) in [6.45, 7) is 0. The van der Waals surface area contributed by atoms with Gasteiger partial charge >= 0.3 is 5.97 Å². The van der Waals surface area contributed by atoms with E-state index in [0.717, 1.165) is 5.56 Å². The molecule has 0 aliphatic rings. The number of hydrogen-bond donors (Lipinski definition) is 0. The average molecular weight is 394 g/mol. The smallest absolute Gasteiger partial charge is 0.353 e. The molecule has 0 atom stereocenters. The van der Waals surface area contributed by atoms with Crippen LogP contribution in [0.3, 0.4) is 0 Å². The molecule has 1 aromatic heterocycles. The monoisotopic (exact) mass is 394 g/mol. The number of carbonyl (C=O) groups excluding carboxylic acids is 2. The summed E-state index contributed by atoms with van der Waals surface area (Å²) in [6, 6.07) is 15.3. The lowest BCUT2D eigenvalue weighted by molar-refractivity contribution is 0.0740. The van der Waals surface area contributed by atoms with Crippen LogP contribution in [-0.2, 0) is 0 Å². The Bertz CT molecular complexity index is 988. The zero-order chi connectivity index (χ0) is 19.9. The van der Waals surface area contributed by atoms with E-state index in [1.165, 1.54) is 17.4 Å². The van der Waals surface area contributed by atoms with E-state index in [1.54, 1.807) is 68.8 Å². The molecule has 0 N–H and O–H groups in total. The van der Waals surface area contributed by atoms with Crippen LogP contribution >= 0.6 is 11.3 Å². The second-order valence-electron chi connectivity index (χ2n) is 5.70. The molecule has 2 aromatic carbocycles. The van der Waals surface area contributed by atoms with Crippen LogP contribution in [0.25, 0.3) is 6.08 Å². The molecule has 28 heavy (non-hydrogen) atoms. The van der Waals surface area contributed by atoms with Crippen LogP contribution in [0.1, 0.15) is 25.6 Å². The molecule has 0 saturated heterocycles. The molecule has 0 bridgehead atoms. The van der Waals surface area contributed by atoms with E-state index in [9.17, 15) is 9.59 Å². The van der Waals surface area contributed by atoms with E-state index in [0.29, 0.717) is 27.7 Å². The van der Waals surface area contributed by atoms with Crippen molar-refractivity contribution in [3.05, 3.63) is 82.1 Å². The van der Waals surface area contributed by atoms with Crippen LogP contribution < -0.4 is 14.2 Å². The van der Waals surface area contributed by atoms with Gasteiger partial charge in [-0.15, -0.1) is 11.3 Å². The van der Waals surface area contributed by atoms with Gasteiger partial charge in [0.05, 0.1) is 14.2 Å². The molecule has 0 spiro atoms. The molecular formula is C22H18O5S. The van der Waals surface area contributed by atoms with Gasteiger partial charge in [0, 0.05) is 17.2 Å². The van der Waals surface area contributed by atoms with E-state index in [-0.39, 0.29) is 5.78 Å². The molecule has 0 aliphatic heterocycles. The largest absolute Gasteiger partial charge is 0.497 e. The van der Waals surface area contributed by atoms with E-state index in [2.05, 4.69) is 0 Å². The second kappa shape index (κ2) is 9.01. The first kappa shape index (κ1) is 19.4. The zero-order valence-electron chi connectivity index (χ0n) is 15.4. The zero-order valence-corrected chi connectivity index (χ0v) is 16.2. The van der Waals surface area contributed by atoms with Gasteiger partial charge in [0.2, 0.25) is 0 Å². The lowest BCUT2D eigenvalue weighted by Gasteiger charge is -2.07. The summed E-state index contributed by atoms with van der Waals surface area (Å²) in [4.78, 5) is 24.9. The molecule has 0 fully saturated rings. The van der Waals surface area contributed by atoms with E-state index in [4.69, 9.17) is 14.2 Å². The summed E-state index contributed by atoms with van der Waals surface area (Å²) in [5.41, 5.74) is 1.25. The van der Waals surface area contributed by atoms with Crippen molar-refractivity contribution in [2.75, 3.05) is 14.2 Å². The first-order chi connectivity index (χ1) is 13.6.